The first kappa shape index (κ1) is 11.0. The Morgan fingerprint density at radius 2 is 2.00 bits per heavy atom. The average molecular weight is 269 g/mol. The maximum Gasteiger partial charge on any atom is 0.0510 e. The number of halogens is 1. The first-order valence-corrected chi connectivity index (χ1v) is 6.28. The monoisotopic (exact) mass is 268 g/mol. The molecule has 0 amide bonds. The van der Waals surface area contributed by atoms with Crippen molar-refractivity contribution in [3.8, 4) is 0 Å². The Kier molecular flexibility index (Phi) is 3.32. The van der Waals surface area contributed by atoms with Gasteiger partial charge >= 0.3 is 0 Å². The molecule has 1 aromatic rings. The lowest BCUT2D eigenvalue weighted by atomic mass is 10.1. The third kappa shape index (κ3) is 2.34. The molecule has 1 unspecified atom stereocenters. The second-order valence-electron chi connectivity index (χ2n) is 4.19. The summed E-state index contributed by atoms with van der Waals surface area (Å²) in [5, 5.41) is 0. The molecule has 0 aromatic heterocycles. The smallest absolute Gasteiger partial charge is 0.0510 e. The van der Waals surface area contributed by atoms with E-state index in [-0.39, 0.29) is 6.04 Å². The molecule has 0 spiro atoms. The molecule has 1 atom stereocenters. The average Bonchev–Trinajstić information content (AvgIpc) is 2.70. The Bertz CT molecular complexity index is 343. The van der Waals surface area contributed by atoms with Crippen molar-refractivity contribution < 1.29 is 0 Å². The van der Waals surface area contributed by atoms with Crippen molar-refractivity contribution in [2.24, 2.45) is 5.73 Å². The zero-order valence-corrected chi connectivity index (χ0v) is 10.6. The van der Waals surface area contributed by atoms with E-state index in [1.165, 1.54) is 41.7 Å². The first-order valence-electron chi connectivity index (χ1n) is 5.48. The van der Waals surface area contributed by atoms with E-state index in [9.17, 15) is 0 Å². The van der Waals surface area contributed by atoms with Gasteiger partial charge in [0.1, 0.15) is 0 Å². The van der Waals surface area contributed by atoms with E-state index in [0.717, 1.165) is 0 Å². The fraction of sp³-hybridized carbons (Fsp3) is 0.500. The van der Waals surface area contributed by atoms with Crippen LogP contribution in [0.3, 0.4) is 0 Å². The van der Waals surface area contributed by atoms with E-state index in [2.05, 4.69) is 39.0 Å². The summed E-state index contributed by atoms with van der Waals surface area (Å²) in [5.41, 5.74) is 8.34. The maximum atomic E-state index is 5.85. The number of benzene rings is 1. The minimum atomic E-state index is 0.105. The van der Waals surface area contributed by atoms with Crippen LogP contribution in [0.25, 0.3) is 0 Å². The Morgan fingerprint density at radius 3 is 2.53 bits per heavy atom. The minimum Gasteiger partial charge on any atom is -0.371 e. The molecule has 1 fully saturated rings. The topological polar surface area (TPSA) is 29.3 Å². The van der Waals surface area contributed by atoms with Crippen LogP contribution < -0.4 is 10.6 Å². The molecule has 2 N–H and O–H groups in total. The zero-order valence-electron chi connectivity index (χ0n) is 9.04. The van der Waals surface area contributed by atoms with Crippen molar-refractivity contribution in [3.05, 3.63) is 28.2 Å². The van der Waals surface area contributed by atoms with E-state index < -0.39 is 0 Å². The molecule has 1 heterocycles. The molecule has 1 aliphatic rings. The molecule has 0 aliphatic carbocycles. The number of nitrogens with two attached hydrogens (primary N) is 1. The van der Waals surface area contributed by atoms with Gasteiger partial charge in [-0.1, -0.05) is 6.07 Å². The summed E-state index contributed by atoms with van der Waals surface area (Å²) in [5.74, 6) is 0. The summed E-state index contributed by atoms with van der Waals surface area (Å²) < 4.78 is 1.17. The second kappa shape index (κ2) is 4.54. The Hall–Kier alpha value is -0.540. The van der Waals surface area contributed by atoms with Crippen LogP contribution in [0.5, 0.6) is 0 Å². The second-order valence-corrected chi connectivity index (χ2v) is 5.05. The van der Waals surface area contributed by atoms with Crippen LogP contribution >= 0.6 is 15.9 Å². The summed E-state index contributed by atoms with van der Waals surface area (Å²) in [6, 6.07) is 6.55. The van der Waals surface area contributed by atoms with E-state index in [4.69, 9.17) is 5.73 Å². The lowest BCUT2D eigenvalue weighted by molar-refractivity contribution is 0.816. The number of rotatable bonds is 2. The van der Waals surface area contributed by atoms with Crippen molar-refractivity contribution in [3.63, 3.8) is 0 Å². The number of anilines is 1. The zero-order chi connectivity index (χ0) is 10.8. The lowest BCUT2D eigenvalue weighted by Gasteiger charge is -2.20. The van der Waals surface area contributed by atoms with Gasteiger partial charge in [-0.3, -0.25) is 0 Å². The minimum absolute atomic E-state index is 0.105. The van der Waals surface area contributed by atoms with Gasteiger partial charge in [-0.25, -0.2) is 0 Å². The highest BCUT2D eigenvalue weighted by Crippen LogP contribution is 2.31. The molecule has 2 nitrogen and oxygen atoms in total. The van der Waals surface area contributed by atoms with E-state index >= 15 is 0 Å². The van der Waals surface area contributed by atoms with Crippen LogP contribution in [0.4, 0.5) is 5.69 Å². The molecule has 2 rings (SSSR count). The van der Waals surface area contributed by atoms with Gasteiger partial charge in [0.25, 0.3) is 0 Å². The highest BCUT2D eigenvalue weighted by Gasteiger charge is 2.15. The van der Waals surface area contributed by atoms with E-state index in [1.54, 1.807) is 0 Å². The van der Waals surface area contributed by atoms with Gasteiger partial charge in [-0.05, 0) is 53.4 Å². The van der Waals surface area contributed by atoms with Gasteiger partial charge in [0.2, 0.25) is 0 Å². The fourth-order valence-corrected chi connectivity index (χ4v) is 2.67. The molecule has 3 heteroatoms. The van der Waals surface area contributed by atoms with Crippen LogP contribution in [0.1, 0.15) is 31.4 Å². The molecule has 0 bridgehead atoms. The number of hydrogen-bond donors (Lipinski definition) is 1. The Balaban J connectivity index is 2.25. The molecular formula is C12H17BrN2. The highest BCUT2D eigenvalue weighted by molar-refractivity contribution is 9.10. The summed E-state index contributed by atoms with van der Waals surface area (Å²) in [6.45, 7) is 4.36. The van der Waals surface area contributed by atoms with Crippen LogP contribution in [-0.2, 0) is 0 Å². The van der Waals surface area contributed by atoms with Gasteiger partial charge in [0.15, 0.2) is 0 Å². The standard InChI is InChI=1S/C12H17BrN2/c1-9(14)10-4-5-12(11(13)8-10)15-6-2-3-7-15/h4-5,8-9H,2-3,6-7,14H2,1H3. The third-order valence-electron chi connectivity index (χ3n) is 2.94. The first-order chi connectivity index (χ1) is 7.18. The van der Waals surface area contributed by atoms with Crippen molar-refractivity contribution >= 4 is 21.6 Å². The summed E-state index contributed by atoms with van der Waals surface area (Å²) in [7, 11) is 0. The predicted molar refractivity (Wildman–Crippen MR) is 68.2 cm³/mol. The summed E-state index contributed by atoms with van der Waals surface area (Å²) in [4.78, 5) is 2.43. The van der Waals surface area contributed by atoms with Crippen molar-refractivity contribution in [1.82, 2.24) is 0 Å². The molecule has 15 heavy (non-hydrogen) atoms. The number of hydrogen-bond acceptors (Lipinski definition) is 2. The fourth-order valence-electron chi connectivity index (χ4n) is 2.02. The largest absolute Gasteiger partial charge is 0.371 e. The van der Waals surface area contributed by atoms with Gasteiger partial charge in [-0.15, -0.1) is 0 Å². The SMILES string of the molecule is CC(N)c1ccc(N2CCCC2)c(Br)c1. The molecular weight excluding hydrogens is 252 g/mol. The van der Waals surface area contributed by atoms with E-state index in [1.807, 2.05) is 6.92 Å². The molecule has 82 valence electrons. The Labute approximate surface area is 99.6 Å². The van der Waals surface area contributed by atoms with Gasteiger partial charge in [-0.2, -0.15) is 0 Å². The lowest BCUT2D eigenvalue weighted by Crippen LogP contribution is -2.18. The van der Waals surface area contributed by atoms with Crippen LogP contribution in [0, 0.1) is 0 Å². The quantitative estimate of drug-likeness (QED) is 0.894. The predicted octanol–water partition coefficient (Wildman–Crippen LogP) is 3.07. The molecule has 1 aliphatic heterocycles. The van der Waals surface area contributed by atoms with Crippen molar-refractivity contribution in [2.45, 2.75) is 25.8 Å². The Morgan fingerprint density at radius 1 is 1.33 bits per heavy atom. The van der Waals surface area contributed by atoms with Crippen molar-refractivity contribution in [2.75, 3.05) is 18.0 Å². The van der Waals surface area contributed by atoms with Crippen LogP contribution in [-0.4, -0.2) is 13.1 Å². The van der Waals surface area contributed by atoms with Gasteiger partial charge in [0.05, 0.1) is 5.69 Å². The van der Waals surface area contributed by atoms with Gasteiger partial charge < -0.3 is 10.6 Å². The molecule has 1 saturated heterocycles. The van der Waals surface area contributed by atoms with Gasteiger partial charge in [0, 0.05) is 23.6 Å². The van der Waals surface area contributed by atoms with Crippen LogP contribution in [0.15, 0.2) is 22.7 Å². The van der Waals surface area contributed by atoms with Crippen molar-refractivity contribution in [1.29, 1.82) is 0 Å². The molecule has 0 radical (unpaired) electrons. The van der Waals surface area contributed by atoms with E-state index in [0.29, 0.717) is 0 Å². The third-order valence-corrected chi connectivity index (χ3v) is 3.58. The normalized spacial score (nSPS) is 18.2. The summed E-state index contributed by atoms with van der Waals surface area (Å²) >= 11 is 3.63. The highest BCUT2D eigenvalue weighted by atomic mass is 79.9. The summed E-state index contributed by atoms with van der Waals surface area (Å²) in [6.07, 6.45) is 2.61. The molecule has 1 aromatic carbocycles. The molecule has 0 saturated carbocycles. The maximum absolute atomic E-state index is 5.85. The van der Waals surface area contributed by atoms with Crippen LogP contribution in [0.2, 0.25) is 0 Å². The number of nitrogens with zero attached hydrogens (tertiary/aromatic N) is 1.